The standard InChI is InChI=1S/C24H33ClN4O6S2/c1-15-10-19(37(32,33)29(20-13-36-14-26-20)22(31)35-24(5,6)7)17(25)11-18(15)27-16-8-9-28(12-16)21(30)34-23(2,3)4/h10-11,13-14,16,27H,8-9,12H2,1-7H3/t16-/m0/s1. The summed E-state index contributed by atoms with van der Waals surface area (Å²) in [5, 5.41) is 4.71. The van der Waals surface area contributed by atoms with Gasteiger partial charge in [0.25, 0.3) is 10.0 Å². The summed E-state index contributed by atoms with van der Waals surface area (Å²) in [7, 11) is -4.46. The third-order valence-corrected chi connectivity index (χ3v) is 7.89. The number of amides is 2. The summed E-state index contributed by atoms with van der Waals surface area (Å²) < 4.78 is 38.6. The second-order valence-electron chi connectivity index (χ2n) is 10.8. The van der Waals surface area contributed by atoms with Crippen molar-refractivity contribution >= 4 is 56.7 Å². The van der Waals surface area contributed by atoms with Crippen LogP contribution >= 0.6 is 22.9 Å². The lowest BCUT2D eigenvalue weighted by atomic mass is 10.1. The maximum atomic E-state index is 13.6. The topological polar surface area (TPSA) is 118 Å². The van der Waals surface area contributed by atoms with E-state index < -0.39 is 27.3 Å². The van der Waals surface area contributed by atoms with Crippen LogP contribution in [0.3, 0.4) is 0 Å². The number of hydrogen-bond donors (Lipinski definition) is 1. The Bertz CT molecular complexity index is 1250. The number of hydrogen-bond acceptors (Lipinski definition) is 9. The van der Waals surface area contributed by atoms with E-state index in [2.05, 4.69) is 10.3 Å². The van der Waals surface area contributed by atoms with Crippen molar-refractivity contribution in [1.82, 2.24) is 9.88 Å². The highest BCUT2D eigenvalue weighted by Gasteiger charge is 2.38. The van der Waals surface area contributed by atoms with Gasteiger partial charge in [0, 0.05) is 30.2 Å². The van der Waals surface area contributed by atoms with E-state index in [-0.39, 0.29) is 27.9 Å². The molecule has 13 heteroatoms. The summed E-state index contributed by atoms with van der Waals surface area (Å²) in [5.41, 5.74) is 1.13. The largest absolute Gasteiger partial charge is 0.444 e. The smallest absolute Gasteiger partial charge is 0.430 e. The van der Waals surface area contributed by atoms with Crippen molar-refractivity contribution < 1.29 is 27.5 Å². The predicted octanol–water partition coefficient (Wildman–Crippen LogP) is 5.66. The second-order valence-corrected chi connectivity index (χ2v) is 13.6. The van der Waals surface area contributed by atoms with Gasteiger partial charge in [0.2, 0.25) is 0 Å². The van der Waals surface area contributed by atoms with Gasteiger partial charge >= 0.3 is 12.2 Å². The number of nitrogens with one attached hydrogen (secondary N) is 1. The lowest BCUT2D eigenvalue weighted by Gasteiger charge is -2.26. The summed E-state index contributed by atoms with van der Waals surface area (Å²) in [4.78, 5) is 30.7. The lowest BCUT2D eigenvalue weighted by molar-refractivity contribution is 0.0293. The van der Waals surface area contributed by atoms with E-state index in [0.717, 1.165) is 11.3 Å². The van der Waals surface area contributed by atoms with Crippen LogP contribution in [0.5, 0.6) is 0 Å². The zero-order valence-electron chi connectivity index (χ0n) is 22.0. The molecule has 0 radical (unpaired) electrons. The molecule has 1 atom stereocenters. The number of halogens is 1. The van der Waals surface area contributed by atoms with Crippen molar-refractivity contribution in [2.45, 2.75) is 77.0 Å². The van der Waals surface area contributed by atoms with Gasteiger partial charge in [0.1, 0.15) is 16.1 Å². The number of sulfonamides is 1. The van der Waals surface area contributed by atoms with Crippen molar-refractivity contribution in [2.75, 3.05) is 22.7 Å². The predicted molar refractivity (Wildman–Crippen MR) is 144 cm³/mol. The van der Waals surface area contributed by atoms with Gasteiger partial charge in [0.15, 0.2) is 5.82 Å². The average molecular weight is 573 g/mol. The fourth-order valence-corrected chi connectivity index (χ4v) is 6.07. The minimum Gasteiger partial charge on any atom is -0.444 e. The fourth-order valence-electron chi connectivity index (χ4n) is 3.62. The first-order valence-electron chi connectivity index (χ1n) is 11.7. The van der Waals surface area contributed by atoms with Gasteiger partial charge in [-0.3, -0.25) is 0 Å². The van der Waals surface area contributed by atoms with Crippen molar-refractivity contribution in [2.24, 2.45) is 0 Å². The summed E-state index contributed by atoms with van der Waals surface area (Å²) in [5.74, 6) is -0.0802. The van der Waals surface area contributed by atoms with Crippen molar-refractivity contribution in [3.63, 3.8) is 0 Å². The number of rotatable bonds is 5. The van der Waals surface area contributed by atoms with Gasteiger partial charge in [0.05, 0.1) is 10.5 Å². The number of ether oxygens (including phenoxy) is 2. The fraction of sp³-hybridized carbons (Fsp3) is 0.542. The Morgan fingerprint density at radius 2 is 1.81 bits per heavy atom. The van der Waals surface area contributed by atoms with Crippen LogP contribution in [0.25, 0.3) is 0 Å². The number of carbonyl (C=O) groups is 2. The maximum Gasteiger partial charge on any atom is 0.430 e. The van der Waals surface area contributed by atoms with E-state index in [9.17, 15) is 18.0 Å². The monoisotopic (exact) mass is 572 g/mol. The molecular weight excluding hydrogens is 540 g/mol. The van der Waals surface area contributed by atoms with Crippen molar-refractivity contribution in [3.8, 4) is 0 Å². The molecule has 1 aromatic heterocycles. The van der Waals surface area contributed by atoms with E-state index in [0.29, 0.717) is 35.1 Å². The van der Waals surface area contributed by atoms with Gasteiger partial charge in [-0.05, 0) is 72.6 Å². The molecule has 1 N–H and O–H groups in total. The summed E-state index contributed by atoms with van der Waals surface area (Å²) in [6.45, 7) is 13.1. The Morgan fingerprint density at radius 3 is 2.38 bits per heavy atom. The molecule has 3 rings (SSSR count). The molecule has 0 unspecified atom stereocenters. The minimum absolute atomic E-state index is 0.0705. The lowest BCUT2D eigenvalue weighted by Crippen LogP contribution is -2.41. The molecule has 1 aliphatic heterocycles. The molecular formula is C24H33ClN4O6S2. The molecule has 0 aliphatic carbocycles. The minimum atomic E-state index is -4.46. The normalized spacial score (nSPS) is 16.4. The summed E-state index contributed by atoms with van der Waals surface area (Å²) in [6.07, 6.45) is -0.771. The first kappa shape index (κ1) is 29.0. The highest BCUT2D eigenvalue weighted by molar-refractivity contribution is 7.93. The molecule has 0 saturated carbocycles. The Hall–Kier alpha value is -2.57. The van der Waals surface area contributed by atoms with Crippen LogP contribution in [-0.2, 0) is 19.5 Å². The van der Waals surface area contributed by atoms with E-state index in [4.69, 9.17) is 21.1 Å². The molecule has 1 aliphatic rings. The van der Waals surface area contributed by atoms with Crippen LogP contribution in [-0.4, -0.2) is 60.8 Å². The molecule has 1 saturated heterocycles. The number of nitrogens with zero attached hydrogens (tertiary/aromatic N) is 3. The van der Waals surface area contributed by atoms with Crippen LogP contribution < -0.4 is 9.62 Å². The molecule has 0 spiro atoms. The van der Waals surface area contributed by atoms with Crippen molar-refractivity contribution in [1.29, 1.82) is 0 Å². The third-order valence-electron chi connectivity index (χ3n) is 5.18. The zero-order chi connectivity index (χ0) is 27.8. The van der Waals surface area contributed by atoms with Gasteiger partial charge in [-0.2, -0.15) is 0 Å². The van der Waals surface area contributed by atoms with Crippen LogP contribution in [0.15, 0.2) is 27.9 Å². The highest BCUT2D eigenvalue weighted by Crippen LogP contribution is 2.34. The molecule has 0 bridgehead atoms. The molecule has 10 nitrogen and oxygen atoms in total. The number of benzene rings is 1. The van der Waals surface area contributed by atoms with Gasteiger partial charge < -0.3 is 19.7 Å². The first-order valence-corrected chi connectivity index (χ1v) is 14.4. The number of thiazole rings is 1. The molecule has 37 heavy (non-hydrogen) atoms. The molecule has 2 heterocycles. The maximum absolute atomic E-state index is 13.6. The van der Waals surface area contributed by atoms with Gasteiger partial charge in [-0.25, -0.2) is 23.0 Å². The average Bonchev–Trinajstić information content (AvgIpc) is 3.40. The Balaban J connectivity index is 1.84. The van der Waals surface area contributed by atoms with Crippen LogP contribution in [0.1, 0.15) is 53.5 Å². The molecule has 1 aromatic carbocycles. The number of aromatic nitrogens is 1. The van der Waals surface area contributed by atoms with Gasteiger partial charge in [-0.1, -0.05) is 11.6 Å². The summed E-state index contributed by atoms with van der Waals surface area (Å²) >= 11 is 7.61. The molecule has 204 valence electrons. The molecule has 2 aromatic rings. The van der Waals surface area contributed by atoms with E-state index >= 15 is 0 Å². The van der Waals surface area contributed by atoms with Crippen LogP contribution in [0.4, 0.5) is 21.1 Å². The quantitative estimate of drug-likeness (QED) is 0.488. The Labute approximate surface area is 227 Å². The van der Waals surface area contributed by atoms with Crippen LogP contribution in [0.2, 0.25) is 5.02 Å². The molecule has 2 amide bonds. The third kappa shape index (κ3) is 7.26. The summed E-state index contributed by atoms with van der Waals surface area (Å²) in [6, 6.07) is 2.84. The van der Waals surface area contributed by atoms with E-state index in [1.807, 2.05) is 20.8 Å². The van der Waals surface area contributed by atoms with Crippen LogP contribution in [0, 0.1) is 6.92 Å². The SMILES string of the molecule is Cc1cc(S(=O)(=O)N(C(=O)OC(C)(C)C)c2cscn2)c(Cl)cc1N[C@H]1CCN(C(=O)OC(C)(C)C)C1. The zero-order valence-corrected chi connectivity index (χ0v) is 24.4. The van der Waals surface area contributed by atoms with Crippen molar-refractivity contribution in [3.05, 3.63) is 33.6 Å². The number of likely N-dealkylation sites (tertiary alicyclic amines) is 1. The number of anilines is 2. The molecule has 1 fully saturated rings. The number of aryl methyl sites for hydroxylation is 1. The number of carbonyl (C=O) groups excluding carboxylic acids is 2. The highest BCUT2D eigenvalue weighted by atomic mass is 35.5. The first-order chi connectivity index (χ1) is 17.0. The Kier molecular flexibility index (Phi) is 8.35. The second kappa shape index (κ2) is 10.7. The van der Waals surface area contributed by atoms with E-state index in [1.54, 1.807) is 32.6 Å². The van der Waals surface area contributed by atoms with E-state index in [1.165, 1.54) is 23.0 Å². The van der Waals surface area contributed by atoms with Gasteiger partial charge in [-0.15, -0.1) is 15.6 Å². The Morgan fingerprint density at radius 1 is 1.16 bits per heavy atom.